The van der Waals surface area contributed by atoms with Gasteiger partial charge < -0.3 is 33.8 Å². The minimum Gasteiger partial charge on any atom is -1.00 e. The minimum atomic E-state index is 0. The van der Waals surface area contributed by atoms with Crippen LogP contribution in [0.3, 0.4) is 0 Å². The SMILES string of the molecule is CCCCCCCCCCCCCCCCCCCC[N+](C)(CCCCCCCCCCCCCCCCCCCC)CN1CCCC1=O.CCCCCCCCCCCCCCCCCCCC[N+](C)(CCCCCCCCCCCCCCCCCCCC)CN1CCCC1=O.[Cl-].[Cl-]. The number of carbonyl (C=O) groups excluding carboxylic acids is 2. The van der Waals surface area contributed by atoms with E-state index in [0.717, 1.165) is 61.1 Å². The lowest BCUT2D eigenvalue weighted by Crippen LogP contribution is -3.00. The van der Waals surface area contributed by atoms with Gasteiger partial charge in [0, 0.05) is 25.9 Å². The van der Waals surface area contributed by atoms with E-state index in [2.05, 4.69) is 51.6 Å². The lowest BCUT2D eigenvalue weighted by atomic mass is 10.0. The molecule has 2 saturated heterocycles. The van der Waals surface area contributed by atoms with Crippen molar-refractivity contribution in [1.29, 1.82) is 0 Å². The van der Waals surface area contributed by atoms with E-state index >= 15 is 0 Å². The van der Waals surface area contributed by atoms with Crippen molar-refractivity contribution >= 4 is 11.8 Å². The Hall–Kier alpha value is -0.560. The molecule has 0 atom stereocenters. The number of unbranched alkanes of at least 4 members (excludes halogenated alkanes) is 68. The zero-order chi connectivity index (χ0) is 70.7. The van der Waals surface area contributed by atoms with Crippen molar-refractivity contribution in [2.45, 2.75) is 516 Å². The topological polar surface area (TPSA) is 40.6 Å². The van der Waals surface area contributed by atoms with Crippen LogP contribution in [0.5, 0.6) is 0 Å². The third-order valence-electron chi connectivity index (χ3n) is 23.6. The lowest BCUT2D eigenvalue weighted by molar-refractivity contribution is -0.918. The summed E-state index contributed by atoms with van der Waals surface area (Å²) < 4.78 is 2.17. The standard InChI is InChI=1S/2C46H93N2O.2ClH/c2*1-4-6-8-10-12-14-16-18-20-22-24-26-28-30-32-34-36-38-43-48(3,45-47-42-40-41-46(47)49)44-39-37-35-33-31-29-27-25-23-21-19-17-15-13-11-9-7-5-2;;/h2*4-45H2,1-3H3;2*1H/q2*+1;;/p-2. The number of carbonyl (C=O) groups is 2. The molecule has 0 N–H and O–H groups in total. The largest absolute Gasteiger partial charge is 1.00 e. The molecule has 8 heteroatoms. The third-order valence-corrected chi connectivity index (χ3v) is 23.6. The Labute approximate surface area is 643 Å². The van der Waals surface area contributed by atoms with Crippen LogP contribution >= 0.6 is 0 Å². The molecule has 100 heavy (non-hydrogen) atoms. The first-order valence-corrected chi connectivity index (χ1v) is 46.4. The molecule has 6 nitrogen and oxygen atoms in total. The molecule has 2 rings (SSSR count). The molecule has 2 aliphatic rings. The molecule has 600 valence electrons. The second-order valence-electron chi connectivity index (χ2n) is 34.0. The summed E-state index contributed by atoms with van der Waals surface area (Å²) in [5.74, 6) is 0.805. The second kappa shape index (κ2) is 81.0. The van der Waals surface area contributed by atoms with Crippen LogP contribution in [0.1, 0.15) is 516 Å². The van der Waals surface area contributed by atoms with E-state index in [-0.39, 0.29) is 24.8 Å². The zero-order valence-corrected chi connectivity index (χ0v) is 71.3. The van der Waals surface area contributed by atoms with Gasteiger partial charge in [0.2, 0.25) is 11.8 Å². The Bertz CT molecular complexity index is 1400. The summed E-state index contributed by atoms with van der Waals surface area (Å²) in [7, 11) is 4.90. The number of halogens is 2. The van der Waals surface area contributed by atoms with Gasteiger partial charge in [0.15, 0.2) is 13.3 Å². The van der Waals surface area contributed by atoms with Crippen LogP contribution in [0.4, 0.5) is 0 Å². The van der Waals surface area contributed by atoms with Gasteiger partial charge in [-0.1, -0.05) is 439 Å². The summed E-state index contributed by atoms with van der Waals surface area (Å²) in [6.45, 7) is 18.1. The fourth-order valence-corrected chi connectivity index (χ4v) is 16.6. The molecular weight excluding hydrogens is 1260 g/mol. The van der Waals surface area contributed by atoms with Gasteiger partial charge in [-0.15, -0.1) is 0 Å². The average molecular weight is 1450 g/mol. The van der Waals surface area contributed by atoms with Gasteiger partial charge in [0.25, 0.3) is 0 Å². The molecule has 2 fully saturated rings. The van der Waals surface area contributed by atoms with E-state index < -0.39 is 0 Å². The van der Waals surface area contributed by atoms with Crippen molar-refractivity contribution < 1.29 is 43.4 Å². The van der Waals surface area contributed by atoms with Crippen LogP contribution in [0.25, 0.3) is 0 Å². The van der Waals surface area contributed by atoms with Gasteiger partial charge in [-0.3, -0.25) is 19.4 Å². The Kier molecular flexibility index (Phi) is 82.2. The molecule has 0 aliphatic carbocycles. The summed E-state index contributed by atoms with van der Waals surface area (Å²) in [5, 5.41) is 0. The van der Waals surface area contributed by atoms with Crippen molar-refractivity contribution in [3.05, 3.63) is 0 Å². The van der Waals surface area contributed by atoms with Gasteiger partial charge in [0.1, 0.15) is 0 Å². The summed E-state index contributed by atoms with van der Waals surface area (Å²) in [6.07, 6.45) is 107. The molecule has 0 radical (unpaired) electrons. The van der Waals surface area contributed by atoms with E-state index in [4.69, 9.17) is 0 Å². The normalized spacial score (nSPS) is 13.4. The molecule has 0 aromatic carbocycles. The summed E-state index contributed by atoms with van der Waals surface area (Å²) >= 11 is 0. The molecular formula is C92H186Cl2N4O2. The highest BCUT2D eigenvalue weighted by molar-refractivity contribution is 5.78. The number of hydrogen-bond acceptors (Lipinski definition) is 2. The van der Waals surface area contributed by atoms with Crippen molar-refractivity contribution in [2.24, 2.45) is 0 Å². The molecule has 0 saturated carbocycles. The molecule has 2 heterocycles. The predicted octanol–water partition coefficient (Wildman–Crippen LogP) is 24.2. The zero-order valence-electron chi connectivity index (χ0n) is 69.8. The van der Waals surface area contributed by atoms with Crippen molar-refractivity contribution in [3.63, 3.8) is 0 Å². The summed E-state index contributed by atoms with van der Waals surface area (Å²) in [4.78, 5) is 29.3. The highest BCUT2D eigenvalue weighted by atomic mass is 35.5. The number of quaternary nitrogens is 2. The number of hydrogen-bond donors (Lipinski definition) is 0. The number of rotatable bonds is 80. The second-order valence-corrected chi connectivity index (χ2v) is 34.0. The lowest BCUT2D eigenvalue weighted by Gasteiger charge is -2.38. The smallest absolute Gasteiger partial charge is 0.226 e. The quantitative estimate of drug-likeness (QED) is 0.0450. The maximum atomic E-state index is 12.5. The van der Waals surface area contributed by atoms with Crippen LogP contribution in [0, 0.1) is 0 Å². The van der Waals surface area contributed by atoms with Gasteiger partial charge >= 0.3 is 0 Å². The Morgan fingerprint density at radius 3 is 0.440 bits per heavy atom. The Morgan fingerprint density at radius 1 is 0.210 bits per heavy atom. The van der Waals surface area contributed by atoms with Crippen LogP contribution in [-0.2, 0) is 9.59 Å². The molecule has 0 aromatic rings. The fourth-order valence-electron chi connectivity index (χ4n) is 16.6. The summed E-state index contributed by atoms with van der Waals surface area (Å²) in [5.41, 5.74) is 0. The average Bonchev–Trinajstić information content (AvgIpc) is 1.63. The molecule has 2 amide bonds. The summed E-state index contributed by atoms with van der Waals surface area (Å²) in [6, 6.07) is 0. The van der Waals surface area contributed by atoms with Crippen LogP contribution < -0.4 is 24.8 Å². The first kappa shape index (κ1) is 101. The van der Waals surface area contributed by atoms with E-state index in [1.165, 1.54) is 488 Å². The molecule has 2 aliphatic heterocycles. The first-order chi connectivity index (χ1) is 48.2. The highest BCUT2D eigenvalue weighted by Crippen LogP contribution is 2.24. The number of amides is 2. The fraction of sp³-hybridized carbons (Fsp3) is 0.978. The molecule has 0 unspecified atom stereocenters. The maximum absolute atomic E-state index is 12.5. The van der Waals surface area contributed by atoms with E-state index in [1.807, 2.05) is 0 Å². The van der Waals surface area contributed by atoms with Gasteiger partial charge in [-0.2, -0.15) is 0 Å². The first-order valence-electron chi connectivity index (χ1n) is 46.4. The minimum absolute atomic E-state index is 0. The van der Waals surface area contributed by atoms with Gasteiger partial charge in [-0.05, 0) is 64.2 Å². The van der Waals surface area contributed by atoms with E-state index in [0.29, 0.717) is 11.8 Å². The van der Waals surface area contributed by atoms with E-state index in [1.54, 1.807) is 0 Å². The monoisotopic (exact) mass is 1450 g/mol. The van der Waals surface area contributed by atoms with Crippen LogP contribution in [0.2, 0.25) is 0 Å². The van der Waals surface area contributed by atoms with Crippen LogP contribution in [-0.4, -0.2) is 97.3 Å². The Morgan fingerprint density at radius 2 is 0.330 bits per heavy atom. The predicted molar refractivity (Wildman–Crippen MR) is 439 cm³/mol. The van der Waals surface area contributed by atoms with Gasteiger partial charge in [-0.25, -0.2) is 0 Å². The molecule has 0 spiro atoms. The highest BCUT2D eigenvalue weighted by Gasteiger charge is 2.31. The van der Waals surface area contributed by atoms with Crippen LogP contribution in [0.15, 0.2) is 0 Å². The molecule has 0 aromatic heterocycles. The van der Waals surface area contributed by atoms with Crippen molar-refractivity contribution in [3.8, 4) is 0 Å². The number of likely N-dealkylation sites (tertiary alicyclic amines) is 2. The van der Waals surface area contributed by atoms with Crippen molar-refractivity contribution in [2.75, 3.05) is 66.7 Å². The Balaban J connectivity index is 0. The number of nitrogens with zero attached hydrogens (tertiary/aromatic N) is 4. The molecule has 0 bridgehead atoms. The maximum Gasteiger partial charge on any atom is 0.226 e. The third kappa shape index (κ3) is 70.4. The van der Waals surface area contributed by atoms with Crippen molar-refractivity contribution in [1.82, 2.24) is 9.80 Å². The van der Waals surface area contributed by atoms with E-state index in [9.17, 15) is 9.59 Å². The van der Waals surface area contributed by atoms with Gasteiger partial charge in [0.05, 0.1) is 40.3 Å².